The molecule has 0 unspecified atom stereocenters. The monoisotopic (exact) mass is 275 g/mol. The van der Waals surface area contributed by atoms with E-state index in [1.807, 2.05) is 0 Å². The number of aromatic amines is 1. The zero-order chi connectivity index (χ0) is 14.5. The van der Waals surface area contributed by atoms with Gasteiger partial charge in [0.15, 0.2) is 0 Å². The van der Waals surface area contributed by atoms with Gasteiger partial charge in [0.05, 0.1) is 23.5 Å². The number of benzene rings is 1. The zero-order valence-corrected chi connectivity index (χ0v) is 10.7. The number of aromatic nitrogens is 2. The van der Waals surface area contributed by atoms with Crippen LogP contribution < -0.4 is 10.6 Å². The minimum atomic E-state index is -0.502. The van der Waals surface area contributed by atoms with Crippen LogP contribution in [0.3, 0.4) is 0 Å². The number of hydrogen-bond donors (Lipinski definition) is 3. The van der Waals surface area contributed by atoms with E-state index in [2.05, 4.69) is 20.6 Å². The SMILES string of the molecule is CNc1cc(C(=O)NCc2cnc[nH]2)ccc1[N+](=O)[O-]. The van der Waals surface area contributed by atoms with Gasteiger partial charge in [0.25, 0.3) is 11.6 Å². The third-order valence-corrected chi connectivity index (χ3v) is 2.72. The Kier molecular flexibility index (Phi) is 3.94. The largest absolute Gasteiger partial charge is 0.383 e. The summed E-state index contributed by atoms with van der Waals surface area (Å²) in [5.74, 6) is -0.314. The van der Waals surface area contributed by atoms with Crippen LogP contribution in [0.15, 0.2) is 30.7 Å². The predicted molar refractivity (Wildman–Crippen MR) is 72.4 cm³/mol. The Labute approximate surface area is 114 Å². The molecule has 0 saturated heterocycles. The number of H-pyrrole nitrogens is 1. The fourth-order valence-electron chi connectivity index (χ4n) is 1.70. The molecular formula is C12H13N5O3. The highest BCUT2D eigenvalue weighted by Gasteiger charge is 2.15. The summed E-state index contributed by atoms with van der Waals surface area (Å²) >= 11 is 0. The van der Waals surface area contributed by atoms with Gasteiger partial charge in [-0.05, 0) is 12.1 Å². The number of imidazole rings is 1. The molecule has 1 aromatic heterocycles. The maximum atomic E-state index is 11.9. The van der Waals surface area contributed by atoms with Gasteiger partial charge in [-0.1, -0.05) is 0 Å². The fourth-order valence-corrected chi connectivity index (χ4v) is 1.70. The summed E-state index contributed by atoms with van der Waals surface area (Å²) in [6.45, 7) is 0.310. The number of nitro groups is 1. The van der Waals surface area contributed by atoms with Crippen molar-refractivity contribution in [3.8, 4) is 0 Å². The van der Waals surface area contributed by atoms with Gasteiger partial charge in [0, 0.05) is 24.9 Å². The molecule has 3 N–H and O–H groups in total. The molecule has 0 aliphatic carbocycles. The first-order valence-corrected chi connectivity index (χ1v) is 5.83. The molecule has 0 aliphatic rings. The van der Waals surface area contributed by atoms with Gasteiger partial charge < -0.3 is 15.6 Å². The predicted octanol–water partition coefficient (Wildman–Crippen LogP) is 1.29. The van der Waals surface area contributed by atoms with Crippen LogP contribution in [0.2, 0.25) is 0 Å². The Morgan fingerprint density at radius 2 is 2.30 bits per heavy atom. The summed E-state index contributed by atoms with van der Waals surface area (Å²) < 4.78 is 0. The second kappa shape index (κ2) is 5.83. The Hall–Kier alpha value is -2.90. The van der Waals surface area contributed by atoms with E-state index in [0.29, 0.717) is 17.8 Å². The molecule has 2 rings (SSSR count). The topological polar surface area (TPSA) is 113 Å². The number of carbonyl (C=O) groups is 1. The second-order valence-corrected chi connectivity index (χ2v) is 4.00. The molecular weight excluding hydrogens is 262 g/mol. The Morgan fingerprint density at radius 1 is 1.50 bits per heavy atom. The van der Waals surface area contributed by atoms with E-state index in [1.165, 1.54) is 24.5 Å². The summed E-state index contributed by atoms with van der Waals surface area (Å²) in [7, 11) is 1.56. The minimum absolute atomic E-state index is 0.0717. The molecule has 104 valence electrons. The number of carbonyl (C=O) groups excluding carboxylic acids is 1. The highest BCUT2D eigenvalue weighted by atomic mass is 16.6. The highest BCUT2D eigenvalue weighted by molar-refractivity contribution is 5.95. The lowest BCUT2D eigenvalue weighted by Crippen LogP contribution is -2.23. The third-order valence-electron chi connectivity index (χ3n) is 2.72. The quantitative estimate of drug-likeness (QED) is 0.562. The Balaban J connectivity index is 2.12. The van der Waals surface area contributed by atoms with Gasteiger partial charge in [-0.15, -0.1) is 0 Å². The van der Waals surface area contributed by atoms with Crippen LogP contribution in [0, 0.1) is 10.1 Å². The molecule has 0 fully saturated rings. The molecule has 1 heterocycles. The molecule has 8 nitrogen and oxygen atoms in total. The minimum Gasteiger partial charge on any atom is -0.383 e. The van der Waals surface area contributed by atoms with Gasteiger partial charge in [0.1, 0.15) is 5.69 Å². The zero-order valence-electron chi connectivity index (χ0n) is 10.7. The second-order valence-electron chi connectivity index (χ2n) is 4.00. The van der Waals surface area contributed by atoms with Crippen molar-refractivity contribution in [3.63, 3.8) is 0 Å². The maximum Gasteiger partial charge on any atom is 0.292 e. The van der Waals surface area contributed by atoms with Crippen molar-refractivity contribution >= 4 is 17.3 Å². The van der Waals surface area contributed by atoms with Gasteiger partial charge in [-0.2, -0.15) is 0 Å². The third kappa shape index (κ3) is 2.91. The lowest BCUT2D eigenvalue weighted by molar-refractivity contribution is -0.383. The van der Waals surface area contributed by atoms with Crippen molar-refractivity contribution in [2.45, 2.75) is 6.54 Å². The Bertz CT molecular complexity index is 624. The van der Waals surface area contributed by atoms with Gasteiger partial charge in [-0.3, -0.25) is 14.9 Å². The van der Waals surface area contributed by atoms with Crippen molar-refractivity contribution in [1.82, 2.24) is 15.3 Å². The summed E-state index contributed by atoms with van der Waals surface area (Å²) in [5, 5.41) is 16.2. The molecule has 0 radical (unpaired) electrons. The Morgan fingerprint density at radius 3 is 2.90 bits per heavy atom. The number of rotatable bonds is 5. The molecule has 20 heavy (non-hydrogen) atoms. The van der Waals surface area contributed by atoms with E-state index < -0.39 is 4.92 Å². The van der Waals surface area contributed by atoms with E-state index >= 15 is 0 Å². The van der Waals surface area contributed by atoms with Gasteiger partial charge in [0.2, 0.25) is 0 Å². The van der Waals surface area contributed by atoms with Crippen LogP contribution in [-0.2, 0) is 6.54 Å². The number of nitrogens with zero attached hydrogens (tertiary/aromatic N) is 2. The van der Waals surface area contributed by atoms with E-state index in [0.717, 1.165) is 5.69 Å². The van der Waals surface area contributed by atoms with Crippen LogP contribution >= 0.6 is 0 Å². The van der Waals surface area contributed by atoms with Crippen molar-refractivity contribution < 1.29 is 9.72 Å². The first-order valence-electron chi connectivity index (χ1n) is 5.83. The first kappa shape index (κ1) is 13.5. The average Bonchev–Trinajstić information content (AvgIpc) is 2.97. The molecule has 1 aromatic carbocycles. The van der Waals surface area contributed by atoms with E-state index in [4.69, 9.17) is 0 Å². The average molecular weight is 275 g/mol. The van der Waals surface area contributed by atoms with Crippen molar-refractivity contribution in [1.29, 1.82) is 0 Å². The molecule has 0 bridgehead atoms. The molecule has 0 atom stereocenters. The van der Waals surface area contributed by atoms with Crippen LogP contribution in [-0.4, -0.2) is 27.8 Å². The lowest BCUT2D eigenvalue weighted by Gasteiger charge is -2.06. The molecule has 8 heteroatoms. The van der Waals surface area contributed by atoms with E-state index in [9.17, 15) is 14.9 Å². The molecule has 1 amide bonds. The molecule has 0 aliphatic heterocycles. The summed E-state index contributed by atoms with van der Waals surface area (Å²) in [6, 6.07) is 4.17. The van der Waals surface area contributed by atoms with Crippen molar-refractivity contribution in [3.05, 3.63) is 52.1 Å². The van der Waals surface area contributed by atoms with E-state index in [1.54, 1.807) is 13.2 Å². The number of amides is 1. The van der Waals surface area contributed by atoms with Gasteiger partial charge >= 0.3 is 0 Å². The number of hydrogen-bond acceptors (Lipinski definition) is 5. The number of nitrogens with one attached hydrogen (secondary N) is 3. The smallest absolute Gasteiger partial charge is 0.292 e. The van der Waals surface area contributed by atoms with Crippen LogP contribution in [0.4, 0.5) is 11.4 Å². The van der Waals surface area contributed by atoms with Crippen LogP contribution in [0.1, 0.15) is 16.1 Å². The maximum absolute atomic E-state index is 11.9. The fraction of sp³-hybridized carbons (Fsp3) is 0.167. The van der Waals surface area contributed by atoms with Gasteiger partial charge in [-0.25, -0.2) is 4.98 Å². The molecule has 2 aromatic rings. The highest BCUT2D eigenvalue weighted by Crippen LogP contribution is 2.24. The molecule has 0 saturated carbocycles. The first-order chi connectivity index (χ1) is 9.61. The number of anilines is 1. The standard InChI is InChI=1S/C12H13N5O3/c1-13-10-4-8(2-3-11(10)17(19)20)12(18)15-6-9-5-14-7-16-9/h2-5,7,13H,6H2,1H3,(H,14,16)(H,15,18). The number of nitro benzene ring substituents is 1. The van der Waals surface area contributed by atoms with Crippen molar-refractivity contribution in [2.75, 3.05) is 12.4 Å². The van der Waals surface area contributed by atoms with E-state index in [-0.39, 0.29) is 11.6 Å². The molecule has 0 spiro atoms. The summed E-state index contributed by atoms with van der Waals surface area (Å²) in [4.78, 5) is 28.9. The van der Waals surface area contributed by atoms with Crippen molar-refractivity contribution in [2.24, 2.45) is 0 Å². The summed E-state index contributed by atoms with van der Waals surface area (Å²) in [5.41, 5.74) is 1.34. The normalized spacial score (nSPS) is 10.1. The lowest BCUT2D eigenvalue weighted by atomic mass is 10.1. The van der Waals surface area contributed by atoms with Crippen LogP contribution in [0.25, 0.3) is 0 Å². The van der Waals surface area contributed by atoms with Crippen LogP contribution in [0.5, 0.6) is 0 Å². The summed E-state index contributed by atoms with van der Waals surface area (Å²) in [6.07, 6.45) is 3.13.